The number of benzene rings is 1. The van der Waals surface area contributed by atoms with Gasteiger partial charge in [0.05, 0.1) is 12.3 Å². The second kappa shape index (κ2) is 7.52. The molecule has 11 nitrogen and oxygen atoms in total. The van der Waals surface area contributed by atoms with Gasteiger partial charge in [0.2, 0.25) is 5.78 Å². The summed E-state index contributed by atoms with van der Waals surface area (Å²) in [4.78, 5) is 35.3. The fourth-order valence-electron chi connectivity index (χ4n) is 4.16. The summed E-state index contributed by atoms with van der Waals surface area (Å²) in [5.74, 6) is 0.312. The standard InChI is InChI=1S/C19H17BrN5O6PS/c1-8-2-4-9(5-3-8)10-6-24-16(27)12-15(23-19(24)21-10)25(18(20)22-12)17-13(26)14-11(30-17)7-29-32(28,33)31-14/h2-6,11,13-14,17,26H,7H2,1H3,(H,21,23)(H,28,33)/t11?,13?,14-,17-,32?/m1/s1. The Kier molecular flexibility index (Phi) is 4.91. The van der Waals surface area contributed by atoms with E-state index >= 15 is 0 Å². The van der Waals surface area contributed by atoms with Crippen molar-refractivity contribution in [3.8, 4) is 11.3 Å². The molecule has 3 aromatic heterocycles. The predicted octanol–water partition coefficient (Wildman–Crippen LogP) is 2.00. The maximum atomic E-state index is 13.2. The highest BCUT2D eigenvalue weighted by Crippen LogP contribution is 2.53. The number of rotatable bonds is 2. The first kappa shape index (κ1) is 21.6. The molecule has 0 aliphatic carbocycles. The third-order valence-electron chi connectivity index (χ3n) is 5.79. The van der Waals surface area contributed by atoms with Gasteiger partial charge in [0.15, 0.2) is 22.1 Å². The normalized spacial score (nSPS) is 29.7. The number of aromatic nitrogens is 5. The van der Waals surface area contributed by atoms with E-state index in [1.54, 1.807) is 6.20 Å². The Balaban J connectivity index is 1.47. The molecule has 0 saturated carbocycles. The molecule has 172 valence electrons. The van der Waals surface area contributed by atoms with Gasteiger partial charge >= 0.3 is 6.72 Å². The van der Waals surface area contributed by atoms with E-state index in [4.69, 9.17) is 25.6 Å². The van der Waals surface area contributed by atoms with Gasteiger partial charge in [0.25, 0.3) is 5.56 Å². The number of aromatic amines is 1. The van der Waals surface area contributed by atoms with Gasteiger partial charge in [0, 0.05) is 6.20 Å². The summed E-state index contributed by atoms with van der Waals surface area (Å²) in [6.07, 6.45) is -2.05. The van der Waals surface area contributed by atoms with Crippen molar-refractivity contribution in [1.29, 1.82) is 0 Å². The SMILES string of the molecule is Cc1ccc(-c2cn3c(=O)c4nc(Br)n([C@@H]5OC6COP(O)(=S)O[C@H]6C5O)c4nc3[nH]2)cc1. The third kappa shape index (κ3) is 3.43. The van der Waals surface area contributed by atoms with Crippen LogP contribution in [0.5, 0.6) is 0 Å². The maximum Gasteiger partial charge on any atom is 0.325 e. The Labute approximate surface area is 199 Å². The number of H-pyrrole nitrogens is 1. The van der Waals surface area contributed by atoms with Gasteiger partial charge in [-0.25, -0.2) is 9.38 Å². The number of nitrogens with one attached hydrogen (secondary N) is 1. The summed E-state index contributed by atoms with van der Waals surface area (Å²) in [6.45, 7) is -1.47. The second-order valence-electron chi connectivity index (χ2n) is 7.96. The molecule has 3 N–H and O–H groups in total. The zero-order valence-corrected chi connectivity index (χ0v) is 20.2. The summed E-state index contributed by atoms with van der Waals surface area (Å²) in [7, 11) is 0. The van der Waals surface area contributed by atoms with Gasteiger partial charge < -0.3 is 24.2 Å². The van der Waals surface area contributed by atoms with Crippen molar-refractivity contribution in [3.05, 3.63) is 51.1 Å². The Morgan fingerprint density at radius 1 is 1.30 bits per heavy atom. The van der Waals surface area contributed by atoms with Crippen LogP contribution < -0.4 is 5.56 Å². The molecule has 1 aromatic carbocycles. The fourth-order valence-corrected chi connectivity index (χ4v) is 6.15. The van der Waals surface area contributed by atoms with Crippen molar-refractivity contribution < 1.29 is 23.8 Å². The van der Waals surface area contributed by atoms with Crippen molar-refractivity contribution in [2.24, 2.45) is 0 Å². The molecule has 2 saturated heterocycles. The van der Waals surface area contributed by atoms with E-state index in [0.29, 0.717) is 5.78 Å². The van der Waals surface area contributed by atoms with E-state index < -0.39 is 31.3 Å². The van der Waals surface area contributed by atoms with Gasteiger partial charge in [-0.05, 0) is 40.2 Å². The predicted molar refractivity (Wildman–Crippen MR) is 124 cm³/mol. The highest BCUT2D eigenvalue weighted by Gasteiger charge is 2.51. The molecule has 5 heterocycles. The van der Waals surface area contributed by atoms with Crippen molar-refractivity contribution in [2.75, 3.05) is 6.61 Å². The van der Waals surface area contributed by atoms with Crippen molar-refractivity contribution in [1.82, 2.24) is 23.9 Å². The molecular weight excluding hydrogens is 537 g/mol. The number of ether oxygens (including phenoxy) is 1. The molecule has 3 unspecified atom stereocenters. The molecule has 0 radical (unpaired) electrons. The Bertz CT molecular complexity index is 1520. The number of fused-ring (bicyclic) bond motifs is 3. The zero-order chi connectivity index (χ0) is 23.1. The van der Waals surface area contributed by atoms with Crippen LogP contribution in [0.15, 0.2) is 40.0 Å². The van der Waals surface area contributed by atoms with Crippen LogP contribution in [0.1, 0.15) is 11.8 Å². The number of imidazole rings is 2. The van der Waals surface area contributed by atoms with Crippen molar-refractivity contribution in [2.45, 2.75) is 31.5 Å². The molecule has 0 bridgehead atoms. The summed E-state index contributed by atoms with van der Waals surface area (Å²) in [5.41, 5.74) is 2.70. The second-order valence-corrected chi connectivity index (χ2v) is 11.5. The van der Waals surface area contributed by atoms with Crippen LogP contribution in [0, 0.1) is 6.92 Å². The minimum atomic E-state index is -3.44. The van der Waals surface area contributed by atoms with Gasteiger partial charge in [-0.1, -0.05) is 29.8 Å². The quantitative estimate of drug-likeness (QED) is 0.251. The van der Waals surface area contributed by atoms with Crippen LogP contribution in [0.25, 0.3) is 28.2 Å². The lowest BCUT2D eigenvalue weighted by Gasteiger charge is -2.30. The number of hydrogen-bond acceptors (Lipinski definition) is 8. The highest BCUT2D eigenvalue weighted by molar-refractivity contribution is 9.10. The van der Waals surface area contributed by atoms with E-state index in [1.807, 2.05) is 31.2 Å². The minimum Gasteiger partial charge on any atom is -0.386 e. The third-order valence-corrected chi connectivity index (χ3v) is 7.91. The Morgan fingerprint density at radius 3 is 2.82 bits per heavy atom. The van der Waals surface area contributed by atoms with Gasteiger partial charge in [-0.3, -0.25) is 13.9 Å². The summed E-state index contributed by atoms with van der Waals surface area (Å²) in [5, 5.41) is 10.9. The molecule has 4 aromatic rings. The number of nitrogens with zero attached hydrogens (tertiary/aromatic N) is 4. The van der Waals surface area contributed by atoms with Gasteiger partial charge in [-0.15, -0.1) is 0 Å². The molecule has 5 atom stereocenters. The summed E-state index contributed by atoms with van der Waals surface area (Å²) in [6, 6.07) is 7.87. The molecule has 14 heteroatoms. The lowest BCUT2D eigenvalue weighted by molar-refractivity contribution is -0.0600. The van der Waals surface area contributed by atoms with Gasteiger partial charge in [0.1, 0.15) is 18.3 Å². The highest BCUT2D eigenvalue weighted by atomic mass is 79.9. The van der Waals surface area contributed by atoms with E-state index in [1.165, 1.54) is 8.97 Å². The molecular formula is C19H17BrN5O6PS. The number of aliphatic hydroxyl groups excluding tert-OH is 1. The molecule has 6 rings (SSSR count). The van der Waals surface area contributed by atoms with E-state index in [2.05, 4.69) is 30.9 Å². The first-order valence-corrected chi connectivity index (χ1v) is 13.4. The van der Waals surface area contributed by atoms with Crippen LogP contribution in [0.2, 0.25) is 0 Å². The molecule has 33 heavy (non-hydrogen) atoms. The Morgan fingerprint density at radius 2 is 2.06 bits per heavy atom. The zero-order valence-electron chi connectivity index (χ0n) is 17.0. The molecule has 0 spiro atoms. The lowest BCUT2D eigenvalue weighted by atomic mass is 10.1. The average molecular weight is 554 g/mol. The average Bonchev–Trinajstić information content (AvgIpc) is 3.43. The molecule has 2 aliphatic rings. The van der Waals surface area contributed by atoms with Crippen molar-refractivity contribution in [3.63, 3.8) is 0 Å². The van der Waals surface area contributed by atoms with Crippen LogP contribution >= 0.6 is 22.6 Å². The van der Waals surface area contributed by atoms with Crippen molar-refractivity contribution >= 4 is 51.4 Å². The van der Waals surface area contributed by atoms with E-state index in [0.717, 1.165) is 16.8 Å². The van der Waals surface area contributed by atoms with Crippen LogP contribution in [0.4, 0.5) is 0 Å². The first-order valence-electron chi connectivity index (χ1n) is 9.97. The Hall–Kier alpha value is -1.96. The lowest BCUT2D eigenvalue weighted by Crippen LogP contribution is -2.39. The number of aliphatic hydroxyl groups is 1. The van der Waals surface area contributed by atoms with Crippen LogP contribution in [-0.2, 0) is 25.6 Å². The fraction of sp³-hybridized carbons (Fsp3) is 0.316. The molecule has 0 amide bonds. The largest absolute Gasteiger partial charge is 0.386 e. The van der Waals surface area contributed by atoms with Crippen LogP contribution in [0.3, 0.4) is 0 Å². The maximum absolute atomic E-state index is 13.2. The summed E-state index contributed by atoms with van der Waals surface area (Å²) < 4.78 is 19.6. The number of hydrogen-bond donors (Lipinski definition) is 3. The smallest absolute Gasteiger partial charge is 0.325 e. The van der Waals surface area contributed by atoms with Gasteiger partial charge in [-0.2, -0.15) is 4.98 Å². The molecule has 2 fully saturated rings. The number of halogens is 1. The topological polar surface area (TPSA) is 136 Å². The minimum absolute atomic E-state index is 0.0207. The van der Waals surface area contributed by atoms with E-state index in [9.17, 15) is 14.8 Å². The summed E-state index contributed by atoms with van der Waals surface area (Å²) >= 11 is 8.25. The number of aryl methyl sites for hydroxylation is 1. The first-order chi connectivity index (χ1) is 15.7. The monoisotopic (exact) mass is 553 g/mol. The van der Waals surface area contributed by atoms with E-state index in [-0.39, 0.29) is 28.1 Å². The van der Waals surface area contributed by atoms with Crippen LogP contribution in [-0.4, -0.2) is 58.8 Å². The molecule has 2 aliphatic heterocycles.